The molecule has 0 aromatic carbocycles. The van der Waals surface area contributed by atoms with E-state index in [-0.39, 0.29) is 54.8 Å². The van der Waals surface area contributed by atoms with Gasteiger partial charge in [0.1, 0.15) is 30.1 Å². The molecule has 3 N–H and O–H groups in total. The molecule has 0 aromatic heterocycles. The lowest BCUT2D eigenvalue weighted by Gasteiger charge is -2.42. The summed E-state index contributed by atoms with van der Waals surface area (Å²) in [5, 5.41) is 33.8. The van der Waals surface area contributed by atoms with E-state index in [0.717, 1.165) is 12.0 Å². The molecule has 65 heavy (non-hydrogen) atoms. The second-order valence-electron chi connectivity index (χ2n) is 19.6. The maximum absolute atomic E-state index is 14.4. The fourth-order valence-corrected chi connectivity index (χ4v) is 10.1. The zero-order chi connectivity index (χ0) is 48.2. The van der Waals surface area contributed by atoms with Crippen molar-refractivity contribution < 1.29 is 63.0 Å². The standard InChI is InChI=1S/C51H79NO13/c1-30-16-12-11-13-17-31(2)42(61-8)28-38-21-19-36(7)51(60,65-38)48(57)49(58)52-23-15-14-18-39(52)50(59)64-43(33(4)26-37-20-22-40(53)44(27-37)62-9)29-41(54)32(3)25-35(6)46(56)47(63-10)45(55)34(5)24-30/h11-13,16-17,25,30,32-34,36-40,42-44,46-47,53,56,60H,14-15,18-24,26-29H2,1-10H3/b13-11+,16-12+,31-17+,35-25+/t30-,32-,33-,34?,36?,37?,38+,39?,40-,42+,43+,44?,46-,47?,51?/m1/s1. The number of rotatable bonds is 6. The Labute approximate surface area is 387 Å². The summed E-state index contributed by atoms with van der Waals surface area (Å²) in [6.07, 6.45) is 11.2. The molecule has 14 heteroatoms. The second-order valence-corrected chi connectivity index (χ2v) is 19.6. The summed E-state index contributed by atoms with van der Waals surface area (Å²) >= 11 is 0. The van der Waals surface area contributed by atoms with Crippen molar-refractivity contribution in [2.75, 3.05) is 27.9 Å². The minimum absolute atomic E-state index is 0.0193. The highest BCUT2D eigenvalue weighted by atomic mass is 16.6. The molecule has 1 amide bonds. The van der Waals surface area contributed by atoms with Crippen molar-refractivity contribution >= 4 is 29.2 Å². The molecule has 7 unspecified atom stereocenters. The Kier molecular flexibility index (Phi) is 21.0. The number of Topliss-reactive ketones (excluding diaryl/α,β-unsaturated/α-hetero) is 3. The highest BCUT2D eigenvalue weighted by molar-refractivity contribution is 6.39. The predicted molar refractivity (Wildman–Crippen MR) is 245 cm³/mol. The number of carbonyl (C=O) groups excluding carboxylic acids is 5. The molecule has 4 aliphatic rings. The smallest absolute Gasteiger partial charge is 0.329 e. The number of nitrogens with zero attached hydrogens (tertiary/aromatic N) is 1. The van der Waals surface area contributed by atoms with Crippen LogP contribution in [0, 0.1) is 35.5 Å². The summed E-state index contributed by atoms with van der Waals surface area (Å²) in [6, 6.07) is -1.14. The van der Waals surface area contributed by atoms with E-state index in [0.29, 0.717) is 63.4 Å². The highest BCUT2D eigenvalue weighted by Gasteiger charge is 2.53. The number of aliphatic hydroxyl groups excluding tert-OH is 2. The maximum Gasteiger partial charge on any atom is 0.329 e. The number of cyclic esters (lactones) is 1. The number of amides is 1. The zero-order valence-corrected chi connectivity index (χ0v) is 40.6. The van der Waals surface area contributed by atoms with Crippen LogP contribution in [-0.4, -0.2) is 132 Å². The summed E-state index contributed by atoms with van der Waals surface area (Å²) in [5.41, 5.74) is 1.27. The van der Waals surface area contributed by atoms with Gasteiger partial charge >= 0.3 is 5.97 Å². The molecule has 2 saturated heterocycles. The number of piperidine rings is 1. The maximum atomic E-state index is 14.4. The molecular formula is C51H79NO13. The van der Waals surface area contributed by atoms with Gasteiger partial charge in [0.05, 0.1) is 24.4 Å². The molecule has 0 aromatic rings. The quantitative estimate of drug-likeness (QED) is 0.156. The Morgan fingerprint density at radius 3 is 2.25 bits per heavy atom. The van der Waals surface area contributed by atoms with Gasteiger partial charge in [-0.1, -0.05) is 71.1 Å². The van der Waals surface area contributed by atoms with Crippen LogP contribution in [0.1, 0.15) is 126 Å². The van der Waals surface area contributed by atoms with E-state index >= 15 is 0 Å². The number of esters is 1. The van der Waals surface area contributed by atoms with Gasteiger partial charge in [0.2, 0.25) is 5.79 Å². The molecule has 4 rings (SSSR count). The first-order valence-corrected chi connectivity index (χ1v) is 23.9. The molecule has 1 aliphatic carbocycles. The second kappa shape index (κ2) is 25.1. The Morgan fingerprint density at radius 1 is 0.846 bits per heavy atom. The number of fused-ring (bicyclic) bond motifs is 3. The first-order valence-electron chi connectivity index (χ1n) is 23.9. The van der Waals surface area contributed by atoms with Gasteiger partial charge in [0.25, 0.3) is 11.7 Å². The molecule has 14 nitrogen and oxygen atoms in total. The van der Waals surface area contributed by atoms with Crippen molar-refractivity contribution in [3.63, 3.8) is 0 Å². The van der Waals surface area contributed by atoms with Gasteiger partial charge in [-0.3, -0.25) is 19.2 Å². The SMILES string of the molecule is COC1CC(C[C@@H](C)[C@@H]2CC(=O)[C@H](C)/C=C(\C)[C@@H](O)C(OC)C(=O)C(C)C[C@H](C)/C=C/C=C/C=C(\C)[C@@H](OC)C[C@@H]3CCC(C)C(O)(O3)C(=O)C(=O)N3CCCCC3C(=O)O2)CC[C@H]1O. The summed E-state index contributed by atoms with van der Waals surface area (Å²) < 4.78 is 29.4. The van der Waals surface area contributed by atoms with Crippen LogP contribution in [-0.2, 0) is 47.7 Å². The summed E-state index contributed by atoms with van der Waals surface area (Å²) in [7, 11) is 4.52. The molecule has 0 spiro atoms. The van der Waals surface area contributed by atoms with Crippen LogP contribution in [0.3, 0.4) is 0 Å². The van der Waals surface area contributed by atoms with Crippen LogP contribution in [0.25, 0.3) is 0 Å². The van der Waals surface area contributed by atoms with Crippen molar-refractivity contribution in [2.45, 2.75) is 180 Å². The van der Waals surface area contributed by atoms with Crippen molar-refractivity contribution in [3.05, 3.63) is 47.6 Å². The Morgan fingerprint density at radius 2 is 1.57 bits per heavy atom. The monoisotopic (exact) mass is 914 g/mol. The van der Waals surface area contributed by atoms with Crippen LogP contribution in [0.2, 0.25) is 0 Å². The summed E-state index contributed by atoms with van der Waals surface area (Å²) in [5.74, 6) is -7.96. The predicted octanol–water partition coefficient (Wildman–Crippen LogP) is 6.18. The number of aliphatic hydroxyl groups is 3. The first-order chi connectivity index (χ1) is 30.7. The van der Waals surface area contributed by atoms with E-state index in [4.69, 9.17) is 23.7 Å². The van der Waals surface area contributed by atoms with Gasteiger partial charge in [-0.15, -0.1) is 0 Å². The highest BCUT2D eigenvalue weighted by Crippen LogP contribution is 2.38. The third-order valence-corrected chi connectivity index (χ3v) is 14.5. The van der Waals surface area contributed by atoms with E-state index in [1.54, 1.807) is 41.1 Å². The van der Waals surface area contributed by atoms with Crippen LogP contribution in [0.4, 0.5) is 0 Å². The van der Waals surface area contributed by atoms with Crippen molar-refractivity contribution in [2.24, 2.45) is 35.5 Å². The van der Waals surface area contributed by atoms with Crippen molar-refractivity contribution in [3.8, 4) is 0 Å². The minimum atomic E-state index is -2.43. The van der Waals surface area contributed by atoms with E-state index in [1.165, 1.54) is 12.0 Å². The Balaban J connectivity index is 1.70. The van der Waals surface area contributed by atoms with Crippen LogP contribution in [0.5, 0.6) is 0 Å². The lowest BCUT2D eigenvalue weighted by molar-refractivity contribution is -0.265. The summed E-state index contributed by atoms with van der Waals surface area (Å²) in [6.45, 7) is 12.7. The van der Waals surface area contributed by atoms with Gasteiger partial charge in [-0.25, -0.2) is 4.79 Å². The van der Waals surface area contributed by atoms with E-state index < -0.39 is 83.9 Å². The van der Waals surface area contributed by atoms with E-state index in [9.17, 15) is 39.3 Å². The van der Waals surface area contributed by atoms with Crippen molar-refractivity contribution in [1.82, 2.24) is 4.90 Å². The topological polar surface area (TPSA) is 195 Å². The van der Waals surface area contributed by atoms with Crippen LogP contribution < -0.4 is 0 Å². The van der Waals surface area contributed by atoms with Gasteiger partial charge in [0, 0.05) is 58.5 Å². The molecule has 3 heterocycles. The molecule has 2 bridgehead atoms. The average Bonchev–Trinajstić information content (AvgIpc) is 3.28. The largest absolute Gasteiger partial charge is 0.460 e. The lowest BCUT2D eigenvalue weighted by atomic mass is 9.78. The zero-order valence-electron chi connectivity index (χ0n) is 40.6. The van der Waals surface area contributed by atoms with E-state index in [2.05, 4.69) is 0 Å². The number of hydrogen-bond acceptors (Lipinski definition) is 13. The number of methoxy groups -OCH3 is 3. The number of hydrogen-bond donors (Lipinski definition) is 3. The number of ketones is 3. The van der Waals surface area contributed by atoms with Gasteiger partial charge in [-0.2, -0.15) is 0 Å². The Hall–Kier alpha value is -3.37. The van der Waals surface area contributed by atoms with Crippen LogP contribution in [0.15, 0.2) is 47.6 Å². The lowest BCUT2D eigenvalue weighted by Crippen LogP contribution is -2.61. The molecule has 0 radical (unpaired) electrons. The van der Waals surface area contributed by atoms with Gasteiger partial charge < -0.3 is 43.9 Å². The fourth-order valence-electron chi connectivity index (χ4n) is 10.1. The third kappa shape index (κ3) is 14.3. The number of ether oxygens (including phenoxy) is 5. The molecule has 1 saturated carbocycles. The number of allylic oxidation sites excluding steroid dienone is 6. The van der Waals surface area contributed by atoms with Gasteiger partial charge in [0.15, 0.2) is 5.78 Å². The van der Waals surface area contributed by atoms with Crippen LogP contribution >= 0.6 is 0 Å². The average molecular weight is 914 g/mol. The van der Waals surface area contributed by atoms with Gasteiger partial charge in [-0.05, 0) is 107 Å². The third-order valence-electron chi connectivity index (χ3n) is 14.5. The molecule has 366 valence electrons. The summed E-state index contributed by atoms with van der Waals surface area (Å²) in [4.78, 5) is 71.8. The minimum Gasteiger partial charge on any atom is -0.460 e. The normalized spacial score (nSPS) is 40.4. The Bertz CT molecular complexity index is 1760. The fraction of sp³-hybridized carbons (Fsp3) is 0.745. The first kappa shape index (κ1) is 54.2. The molecular weight excluding hydrogens is 835 g/mol. The van der Waals surface area contributed by atoms with E-state index in [1.807, 2.05) is 58.1 Å². The molecule has 3 aliphatic heterocycles. The number of carbonyl (C=O) groups is 5. The molecule has 15 atom stereocenters. The van der Waals surface area contributed by atoms with Crippen molar-refractivity contribution in [1.29, 1.82) is 0 Å². The molecule has 3 fully saturated rings.